The van der Waals surface area contributed by atoms with E-state index < -0.39 is 17.2 Å². The molecule has 2 aromatic carbocycles. The van der Waals surface area contributed by atoms with Crippen LogP contribution in [0.1, 0.15) is 35.7 Å². The zero-order chi connectivity index (χ0) is 20.9. The van der Waals surface area contributed by atoms with Gasteiger partial charge in [0.25, 0.3) is 0 Å². The number of benzene rings is 2. The summed E-state index contributed by atoms with van der Waals surface area (Å²) in [5.41, 5.74) is -0.0896. The van der Waals surface area contributed by atoms with Crippen LogP contribution in [0, 0.1) is 5.82 Å². The molecule has 0 spiro atoms. The van der Waals surface area contributed by atoms with Crippen molar-refractivity contribution in [3.63, 3.8) is 0 Å². The van der Waals surface area contributed by atoms with Crippen LogP contribution < -0.4 is 10.1 Å². The lowest BCUT2D eigenvalue weighted by Crippen LogP contribution is -2.45. The number of methoxy groups -OCH3 is 1. The maximum Gasteiger partial charge on any atom is 0.341 e. The Morgan fingerprint density at radius 3 is 2.55 bits per heavy atom. The van der Waals surface area contributed by atoms with Gasteiger partial charge in [-0.2, -0.15) is 0 Å². The Hall–Kier alpha value is -2.93. The van der Waals surface area contributed by atoms with Gasteiger partial charge in [0.15, 0.2) is 0 Å². The van der Waals surface area contributed by atoms with Crippen molar-refractivity contribution in [2.45, 2.75) is 25.2 Å². The summed E-state index contributed by atoms with van der Waals surface area (Å²) in [7, 11) is 1.28. The molecule has 1 fully saturated rings. The summed E-state index contributed by atoms with van der Waals surface area (Å²) in [6.07, 6.45) is 0.724. The molecule has 1 aliphatic heterocycles. The number of carbonyl (C=O) groups excluding carboxylic acids is 2. The van der Waals surface area contributed by atoms with Crippen LogP contribution in [0.4, 0.5) is 10.1 Å². The molecule has 0 bridgehead atoms. The van der Waals surface area contributed by atoms with E-state index in [-0.39, 0.29) is 11.5 Å². The summed E-state index contributed by atoms with van der Waals surface area (Å²) in [6.45, 7) is 2.91. The molecular formula is C22H24FNO5. The summed E-state index contributed by atoms with van der Waals surface area (Å²) >= 11 is 0. The number of esters is 1. The number of anilines is 1. The second-order valence-corrected chi connectivity index (χ2v) is 6.76. The van der Waals surface area contributed by atoms with Crippen LogP contribution in [0.5, 0.6) is 5.75 Å². The zero-order valence-electron chi connectivity index (χ0n) is 16.5. The van der Waals surface area contributed by atoms with Crippen molar-refractivity contribution in [2.75, 3.05) is 32.2 Å². The van der Waals surface area contributed by atoms with Gasteiger partial charge in [-0.15, -0.1) is 0 Å². The van der Waals surface area contributed by atoms with Crippen LogP contribution >= 0.6 is 0 Å². The van der Waals surface area contributed by atoms with Crippen molar-refractivity contribution in [1.82, 2.24) is 0 Å². The molecular weight excluding hydrogens is 377 g/mol. The van der Waals surface area contributed by atoms with Gasteiger partial charge < -0.3 is 19.5 Å². The average molecular weight is 401 g/mol. The maximum absolute atomic E-state index is 14.6. The number of carbonyl (C=O) groups is 2. The van der Waals surface area contributed by atoms with E-state index in [0.29, 0.717) is 49.7 Å². The van der Waals surface area contributed by atoms with Crippen LogP contribution in [-0.2, 0) is 19.7 Å². The van der Waals surface area contributed by atoms with Gasteiger partial charge in [-0.05, 0) is 44.0 Å². The fourth-order valence-corrected chi connectivity index (χ4v) is 3.60. The predicted octanol–water partition coefficient (Wildman–Crippen LogP) is 3.70. The van der Waals surface area contributed by atoms with Gasteiger partial charge in [0, 0.05) is 24.5 Å². The van der Waals surface area contributed by atoms with Gasteiger partial charge in [0.1, 0.15) is 17.1 Å². The first-order chi connectivity index (χ1) is 14.0. The van der Waals surface area contributed by atoms with Crippen LogP contribution in [0.25, 0.3) is 0 Å². The molecule has 6 nitrogen and oxygen atoms in total. The smallest absolute Gasteiger partial charge is 0.341 e. The summed E-state index contributed by atoms with van der Waals surface area (Å²) in [4.78, 5) is 25.4. The minimum atomic E-state index is -1.05. The fraction of sp³-hybridized carbons (Fsp3) is 0.364. The highest BCUT2D eigenvalue weighted by Gasteiger charge is 2.43. The maximum atomic E-state index is 14.6. The van der Waals surface area contributed by atoms with E-state index in [4.69, 9.17) is 14.2 Å². The molecule has 0 radical (unpaired) electrons. The number of amides is 1. The molecule has 1 N–H and O–H groups in total. The van der Waals surface area contributed by atoms with Crippen molar-refractivity contribution in [2.24, 2.45) is 0 Å². The van der Waals surface area contributed by atoms with Crippen LogP contribution in [0.15, 0.2) is 42.5 Å². The largest absolute Gasteiger partial charge is 0.493 e. The third-order valence-corrected chi connectivity index (χ3v) is 5.11. The van der Waals surface area contributed by atoms with Crippen molar-refractivity contribution in [3.05, 3.63) is 59.4 Å². The third-order valence-electron chi connectivity index (χ3n) is 5.11. The zero-order valence-corrected chi connectivity index (χ0v) is 16.5. The van der Waals surface area contributed by atoms with Crippen molar-refractivity contribution < 1.29 is 28.2 Å². The lowest BCUT2D eigenvalue weighted by atomic mass is 9.73. The molecule has 0 atom stereocenters. The highest BCUT2D eigenvalue weighted by atomic mass is 19.1. The van der Waals surface area contributed by atoms with E-state index >= 15 is 0 Å². The summed E-state index contributed by atoms with van der Waals surface area (Å²) in [5, 5.41) is 2.84. The minimum Gasteiger partial charge on any atom is -0.493 e. The van der Waals surface area contributed by atoms with Crippen molar-refractivity contribution in [3.8, 4) is 5.75 Å². The number of halogens is 1. The Bertz CT molecular complexity index is 893. The van der Waals surface area contributed by atoms with Gasteiger partial charge in [-0.3, -0.25) is 4.79 Å². The Kier molecular flexibility index (Phi) is 6.49. The van der Waals surface area contributed by atoms with Crippen molar-refractivity contribution in [1.29, 1.82) is 0 Å². The Morgan fingerprint density at radius 1 is 1.17 bits per heavy atom. The van der Waals surface area contributed by atoms with Crippen molar-refractivity contribution >= 4 is 17.6 Å². The van der Waals surface area contributed by atoms with E-state index in [1.54, 1.807) is 37.3 Å². The van der Waals surface area contributed by atoms with Gasteiger partial charge in [0.05, 0.1) is 19.1 Å². The number of nitrogens with one attached hydrogen (secondary N) is 1. The third kappa shape index (κ3) is 4.24. The highest BCUT2D eigenvalue weighted by Crippen LogP contribution is 2.38. The monoisotopic (exact) mass is 401 g/mol. The number of hydrogen-bond donors (Lipinski definition) is 1. The fourth-order valence-electron chi connectivity index (χ4n) is 3.60. The van der Waals surface area contributed by atoms with E-state index in [9.17, 15) is 14.0 Å². The van der Waals surface area contributed by atoms with Crippen LogP contribution in [0.2, 0.25) is 0 Å². The highest BCUT2D eigenvalue weighted by molar-refractivity contribution is 6.01. The standard InChI is InChI=1S/C22H24FNO5/c1-3-29-19-9-8-15(14-16(19)20(25)27-2)24-21(26)22(10-12-28-13-11-22)17-6-4-5-7-18(17)23/h4-9,14H,3,10-13H2,1-2H3,(H,24,26). The molecule has 29 heavy (non-hydrogen) atoms. The average Bonchev–Trinajstić information content (AvgIpc) is 2.75. The molecule has 0 aliphatic carbocycles. The lowest BCUT2D eigenvalue weighted by molar-refractivity contribution is -0.125. The van der Waals surface area contributed by atoms with Gasteiger partial charge >= 0.3 is 5.97 Å². The van der Waals surface area contributed by atoms with E-state index in [0.717, 1.165) is 0 Å². The second kappa shape index (κ2) is 9.05. The predicted molar refractivity (Wildman–Crippen MR) is 106 cm³/mol. The molecule has 2 aromatic rings. The van der Waals surface area contributed by atoms with E-state index in [1.165, 1.54) is 19.2 Å². The molecule has 1 aliphatic rings. The molecule has 0 saturated carbocycles. The molecule has 0 unspecified atom stereocenters. The van der Waals surface area contributed by atoms with Crippen LogP contribution in [0.3, 0.4) is 0 Å². The summed E-state index contributed by atoms with van der Waals surface area (Å²) in [5.74, 6) is -0.968. The molecule has 1 amide bonds. The van der Waals surface area contributed by atoms with E-state index in [1.807, 2.05) is 0 Å². The minimum absolute atomic E-state index is 0.207. The van der Waals surface area contributed by atoms with Gasteiger partial charge in [-0.25, -0.2) is 9.18 Å². The Labute approximate surface area is 169 Å². The molecule has 0 aromatic heterocycles. The van der Waals surface area contributed by atoms with Gasteiger partial charge in [0.2, 0.25) is 5.91 Å². The topological polar surface area (TPSA) is 73.9 Å². The molecule has 1 saturated heterocycles. The molecule has 154 valence electrons. The SMILES string of the molecule is CCOc1ccc(NC(=O)C2(c3ccccc3F)CCOCC2)cc1C(=O)OC. The number of ether oxygens (including phenoxy) is 3. The summed E-state index contributed by atoms with van der Waals surface area (Å²) in [6, 6.07) is 11.1. The second-order valence-electron chi connectivity index (χ2n) is 6.76. The number of hydrogen-bond acceptors (Lipinski definition) is 5. The number of rotatable bonds is 6. The quantitative estimate of drug-likeness (QED) is 0.747. The van der Waals surface area contributed by atoms with Gasteiger partial charge in [-0.1, -0.05) is 18.2 Å². The Balaban J connectivity index is 1.94. The molecule has 3 rings (SSSR count). The molecule has 7 heteroatoms. The van der Waals surface area contributed by atoms with Crippen LogP contribution in [-0.4, -0.2) is 38.8 Å². The normalized spacial score (nSPS) is 15.4. The first-order valence-electron chi connectivity index (χ1n) is 9.51. The first kappa shape index (κ1) is 20.8. The Morgan fingerprint density at radius 2 is 1.90 bits per heavy atom. The summed E-state index contributed by atoms with van der Waals surface area (Å²) < 4.78 is 30.3. The molecule has 1 heterocycles. The lowest BCUT2D eigenvalue weighted by Gasteiger charge is -2.36. The van der Waals surface area contributed by atoms with E-state index in [2.05, 4.69) is 5.32 Å². The first-order valence-corrected chi connectivity index (χ1v) is 9.51.